The number of rotatable bonds is 1. The van der Waals surface area contributed by atoms with Crippen LogP contribution in [0.25, 0.3) is 10.1 Å². The first-order chi connectivity index (χ1) is 5.77. The van der Waals surface area contributed by atoms with Crippen molar-refractivity contribution in [2.24, 2.45) is 0 Å². The largest absolute Gasteiger partial charge is 0.276 e. The number of hydrogen-bond donors (Lipinski definition) is 0. The fourth-order valence-electron chi connectivity index (χ4n) is 1.08. The number of carbonyl (C=O) groups is 1. The summed E-state index contributed by atoms with van der Waals surface area (Å²) in [6.45, 7) is 0. The van der Waals surface area contributed by atoms with Crippen molar-refractivity contribution in [1.82, 2.24) is 0 Å². The topological polar surface area (TPSA) is 17.1 Å². The minimum atomic E-state index is -0.398. The fraction of sp³-hybridized carbons (Fsp3) is 0. The summed E-state index contributed by atoms with van der Waals surface area (Å²) in [5.74, 6) is 0. The second kappa shape index (κ2) is 2.88. The van der Waals surface area contributed by atoms with Crippen molar-refractivity contribution >= 4 is 38.3 Å². The molecule has 0 bridgehead atoms. The van der Waals surface area contributed by atoms with Crippen molar-refractivity contribution < 1.29 is 4.79 Å². The molecule has 0 spiro atoms. The van der Waals surface area contributed by atoms with E-state index in [1.54, 1.807) is 17.4 Å². The molecule has 0 aliphatic heterocycles. The Balaban J connectivity index is 2.68. The Morgan fingerprint density at radius 2 is 2.17 bits per heavy atom. The Bertz CT molecular complexity index is 433. The van der Waals surface area contributed by atoms with Crippen molar-refractivity contribution in [1.29, 1.82) is 0 Å². The molecule has 0 unspecified atom stereocenters. The number of hydrogen-bond acceptors (Lipinski definition) is 2. The van der Waals surface area contributed by atoms with Gasteiger partial charge in [-0.25, -0.2) is 0 Å². The van der Waals surface area contributed by atoms with Gasteiger partial charge in [-0.15, -0.1) is 11.3 Å². The Morgan fingerprint density at radius 3 is 2.92 bits per heavy atom. The van der Waals surface area contributed by atoms with Gasteiger partial charge in [0.25, 0.3) is 5.24 Å². The second-order valence-electron chi connectivity index (χ2n) is 2.45. The molecule has 0 N–H and O–H groups in total. The van der Waals surface area contributed by atoms with Crippen LogP contribution in [0.4, 0.5) is 0 Å². The van der Waals surface area contributed by atoms with E-state index in [4.69, 9.17) is 11.6 Å². The first-order valence-electron chi connectivity index (χ1n) is 3.44. The van der Waals surface area contributed by atoms with Crippen LogP contribution in [-0.4, -0.2) is 5.24 Å². The van der Waals surface area contributed by atoms with Crippen LogP contribution >= 0.6 is 22.9 Å². The predicted octanol–water partition coefficient (Wildman–Crippen LogP) is 3.28. The molecular formula is C9H5ClOS. The van der Waals surface area contributed by atoms with Gasteiger partial charge in [0.05, 0.1) is 0 Å². The van der Waals surface area contributed by atoms with Crippen LogP contribution in [0.15, 0.2) is 29.6 Å². The van der Waals surface area contributed by atoms with Gasteiger partial charge in [-0.3, -0.25) is 4.79 Å². The van der Waals surface area contributed by atoms with Crippen molar-refractivity contribution in [2.45, 2.75) is 0 Å². The lowest BCUT2D eigenvalue weighted by Crippen LogP contribution is -1.85. The molecule has 2 rings (SSSR count). The minimum Gasteiger partial charge on any atom is -0.276 e. The van der Waals surface area contributed by atoms with E-state index in [1.165, 1.54) is 0 Å². The number of halogens is 1. The monoisotopic (exact) mass is 196 g/mol. The molecule has 1 aromatic carbocycles. The molecule has 0 aliphatic carbocycles. The van der Waals surface area contributed by atoms with E-state index >= 15 is 0 Å². The highest BCUT2D eigenvalue weighted by Gasteiger charge is 2.02. The van der Waals surface area contributed by atoms with E-state index in [1.807, 2.05) is 23.6 Å². The fourth-order valence-corrected chi connectivity index (χ4v) is 2.02. The van der Waals surface area contributed by atoms with Crippen LogP contribution in [-0.2, 0) is 0 Å². The van der Waals surface area contributed by atoms with Gasteiger partial charge in [-0.2, -0.15) is 0 Å². The summed E-state index contributed by atoms with van der Waals surface area (Å²) in [7, 11) is 0. The van der Waals surface area contributed by atoms with Gasteiger partial charge < -0.3 is 0 Å². The maximum Gasteiger partial charge on any atom is 0.252 e. The number of benzene rings is 1. The van der Waals surface area contributed by atoms with E-state index in [0.29, 0.717) is 5.56 Å². The average Bonchev–Trinajstić information content (AvgIpc) is 2.49. The molecule has 0 aliphatic rings. The van der Waals surface area contributed by atoms with Gasteiger partial charge in [-0.1, -0.05) is 6.07 Å². The molecular weight excluding hydrogens is 192 g/mol. The zero-order chi connectivity index (χ0) is 8.55. The quantitative estimate of drug-likeness (QED) is 0.640. The third kappa shape index (κ3) is 1.24. The van der Waals surface area contributed by atoms with Gasteiger partial charge >= 0.3 is 0 Å². The summed E-state index contributed by atoms with van der Waals surface area (Å²) in [5.41, 5.74) is 0.562. The molecule has 1 aromatic heterocycles. The zero-order valence-corrected chi connectivity index (χ0v) is 7.65. The summed E-state index contributed by atoms with van der Waals surface area (Å²) in [5, 5.41) is 2.75. The number of thiophene rings is 1. The molecule has 2 aromatic rings. The van der Waals surface area contributed by atoms with Crippen molar-refractivity contribution in [2.75, 3.05) is 0 Å². The van der Waals surface area contributed by atoms with Gasteiger partial charge in [0.15, 0.2) is 0 Å². The van der Waals surface area contributed by atoms with Crippen LogP contribution in [0.3, 0.4) is 0 Å². The highest BCUT2D eigenvalue weighted by Crippen LogP contribution is 2.22. The predicted molar refractivity (Wildman–Crippen MR) is 52.0 cm³/mol. The Morgan fingerprint density at radius 1 is 1.33 bits per heavy atom. The van der Waals surface area contributed by atoms with Crippen molar-refractivity contribution in [3.05, 3.63) is 35.2 Å². The summed E-state index contributed by atoms with van der Waals surface area (Å²) < 4.78 is 1.10. The van der Waals surface area contributed by atoms with E-state index in [9.17, 15) is 4.79 Å². The molecule has 0 saturated carbocycles. The van der Waals surface area contributed by atoms with E-state index in [2.05, 4.69) is 0 Å². The molecule has 60 valence electrons. The summed E-state index contributed by atoms with van der Waals surface area (Å²) in [4.78, 5) is 10.8. The maximum absolute atomic E-state index is 10.8. The third-order valence-corrected chi connectivity index (χ3v) is 2.78. The lowest BCUT2D eigenvalue weighted by molar-refractivity contribution is 0.108. The molecule has 0 radical (unpaired) electrons. The van der Waals surface area contributed by atoms with E-state index < -0.39 is 5.24 Å². The number of carbonyl (C=O) groups excluding carboxylic acids is 1. The van der Waals surface area contributed by atoms with Gasteiger partial charge in [0.2, 0.25) is 0 Å². The second-order valence-corrected chi connectivity index (χ2v) is 3.74. The number of fused-ring (bicyclic) bond motifs is 1. The molecule has 0 fully saturated rings. The lowest BCUT2D eigenvalue weighted by Gasteiger charge is -1.92. The van der Waals surface area contributed by atoms with Gasteiger partial charge in [-0.05, 0) is 40.6 Å². The van der Waals surface area contributed by atoms with Gasteiger partial charge in [0, 0.05) is 10.3 Å². The van der Waals surface area contributed by atoms with Crippen molar-refractivity contribution in [3.63, 3.8) is 0 Å². The Labute approximate surface area is 78.6 Å². The summed E-state index contributed by atoms with van der Waals surface area (Å²) >= 11 is 6.94. The summed E-state index contributed by atoms with van der Waals surface area (Å²) in [6, 6.07) is 7.48. The molecule has 3 heteroatoms. The normalized spacial score (nSPS) is 10.4. The Hall–Kier alpha value is -0.860. The van der Waals surface area contributed by atoms with Crippen molar-refractivity contribution in [3.8, 4) is 0 Å². The summed E-state index contributed by atoms with van der Waals surface area (Å²) in [6.07, 6.45) is 0. The van der Waals surface area contributed by atoms with E-state index in [0.717, 1.165) is 10.1 Å². The zero-order valence-electron chi connectivity index (χ0n) is 6.08. The molecule has 0 atom stereocenters. The van der Waals surface area contributed by atoms with Crippen LogP contribution in [0.2, 0.25) is 0 Å². The molecule has 1 heterocycles. The van der Waals surface area contributed by atoms with Gasteiger partial charge in [0.1, 0.15) is 0 Å². The highest BCUT2D eigenvalue weighted by molar-refractivity contribution is 7.17. The van der Waals surface area contributed by atoms with Crippen LogP contribution in [0.5, 0.6) is 0 Å². The van der Waals surface area contributed by atoms with Crippen LogP contribution < -0.4 is 0 Å². The lowest BCUT2D eigenvalue weighted by atomic mass is 10.2. The third-order valence-electron chi connectivity index (χ3n) is 1.68. The minimum absolute atomic E-state index is 0.398. The molecule has 0 amide bonds. The molecule has 1 nitrogen and oxygen atoms in total. The molecule has 0 saturated heterocycles. The maximum atomic E-state index is 10.8. The average molecular weight is 197 g/mol. The van der Waals surface area contributed by atoms with E-state index in [-0.39, 0.29) is 0 Å². The standard InChI is InChI=1S/C9H5ClOS/c10-9(11)7-2-1-6-3-4-12-8(6)5-7/h1-5H. The Kier molecular flexibility index (Phi) is 1.87. The smallest absolute Gasteiger partial charge is 0.252 e. The molecule has 12 heavy (non-hydrogen) atoms. The van der Waals surface area contributed by atoms with Crippen LogP contribution in [0.1, 0.15) is 10.4 Å². The van der Waals surface area contributed by atoms with Crippen LogP contribution in [0, 0.1) is 0 Å². The highest BCUT2D eigenvalue weighted by atomic mass is 35.5. The SMILES string of the molecule is O=C(Cl)c1ccc2ccsc2c1. The first kappa shape index (κ1) is 7.77. The first-order valence-corrected chi connectivity index (χ1v) is 4.70.